The van der Waals surface area contributed by atoms with Crippen molar-refractivity contribution < 1.29 is 8.42 Å². The SMILES string of the molecule is CC(NS(=O)(=O)c1cn(C)nc1N)c1cccc(Cl)c1. The molecule has 0 bridgehead atoms. The molecular weight excluding hydrogens is 300 g/mol. The van der Waals surface area contributed by atoms with Crippen molar-refractivity contribution >= 4 is 27.4 Å². The topological polar surface area (TPSA) is 90.0 Å². The third-order valence-electron chi connectivity index (χ3n) is 2.79. The summed E-state index contributed by atoms with van der Waals surface area (Å²) < 4.78 is 28.4. The Hall–Kier alpha value is -1.57. The Bertz CT molecular complexity index is 727. The van der Waals surface area contributed by atoms with Crippen LogP contribution in [0.3, 0.4) is 0 Å². The van der Waals surface area contributed by atoms with Crippen LogP contribution in [0, 0.1) is 0 Å². The zero-order chi connectivity index (χ0) is 14.9. The van der Waals surface area contributed by atoms with Crippen molar-refractivity contribution in [2.24, 2.45) is 7.05 Å². The molecule has 0 aliphatic carbocycles. The van der Waals surface area contributed by atoms with Gasteiger partial charge in [0, 0.05) is 24.3 Å². The third kappa shape index (κ3) is 3.12. The smallest absolute Gasteiger partial charge is 0.246 e. The molecule has 6 nitrogen and oxygen atoms in total. The summed E-state index contributed by atoms with van der Waals surface area (Å²) in [5.74, 6) is -0.0294. The van der Waals surface area contributed by atoms with Crippen LogP contribution < -0.4 is 10.5 Å². The van der Waals surface area contributed by atoms with Gasteiger partial charge >= 0.3 is 0 Å². The number of aryl methyl sites for hydroxylation is 1. The Morgan fingerprint density at radius 1 is 1.45 bits per heavy atom. The number of nitrogens with zero attached hydrogens (tertiary/aromatic N) is 2. The van der Waals surface area contributed by atoms with E-state index < -0.39 is 16.1 Å². The van der Waals surface area contributed by atoms with Crippen LogP contribution >= 0.6 is 11.6 Å². The van der Waals surface area contributed by atoms with E-state index in [0.29, 0.717) is 5.02 Å². The Morgan fingerprint density at radius 2 is 2.15 bits per heavy atom. The minimum Gasteiger partial charge on any atom is -0.381 e. The molecule has 0 spiro atoms. The van der Waals surface area contributed by atoms with Crippen LogP contribution in [-0.2, 0) is 17.1 Å². The van der Waals surface area contributed by atoms with Gasteiger partial charge < -0.3 is 5.73 Å². The van der Waals surface area contributed by atoms with E-state index in [1.54, 1.807) is 38.2 Å². The predicted octanol–water partition coefficient (Wildman–Crippen LogP) is 1.70. The molecule has 20 heavy (non-hydrogen) atoms. The Balaban J connectivity index is 2.27. The lowest BCUT2D eigenvalue weighted by Gasteiger charge is -2.14. The lowest BCUT2D eigenvalue weighted by molar-refractivity contribution is 0.567. The van der Waals surface area contributed by atoms with Gasteiger partial charge in [-0.2, -0.15) is 5.10 Å². The third-order valence-corrected chi connectivity index (χ3v) is 4.58. The van der Waals surface area contributed by atoms with Crippen LogP contribution in [0.2, 0.25) is 5.02 Å². The van der Waals surface area contributed by atoms with Crippen LogP contribution in [0.1, 0.15) is 18.5 Å². The van der Waals surface area contributed by atoms with Crippen LogP contribution in [-0.4, -0.2) is 18.2 Å². The average Bonchev–Trinajstić information content (AvgIpc) is 2.69. The Labute approximate surface area is 122 Å². The van der Waals surface area contributed by atoms with Gasteiger partial charge in [0.15, 0.2) is 5.82 Å². The van der Waals surface area contributed by atoms with Gasteiger partial charge in [-0.15, -0.1) is 0 Å². The number of anilines is 1. The van der Waals surface area contributed by atoms with Crippen molar-refractivity contribution in [1.82, 2.24) is 14.5 Å². The number of sulfonamides is 1. The van der Waals surface area contributed by atoms with Gasteiger partial charge in [-0.1, -0.05) is 23.7 Å². The minimum absolute atomic E-state index is 0.0294. The summed E-state index contributed by atoms with van der Waals surface area (Å²) in [6, 6.07) is 6.57. The summed E-state index contributed by atoms with van der Waals surface area (Å²) in [6.07, 6.45) is 1.36. The van der Waals surface area contributed by atoms with Gasteiger partial charge in [0.1, 0.15) is 4.90 Å². The fourth-order valence-corrected chi connectivity index (χ4v) is 3.37. The normalized spacial score (nSPS) is 13.3. The second kappa shape index (κ2) is 5.43. The number of nitrogen functional groups attached to an aromatic ring is 1. The van der Waals surface area contributed by atoms with Gasteiger partial charge in [-0.25, -0.2) is 13.1 Å². The zero-order valence-corrected chi connectivity index (χ0v) is 12.6. The fraction of sp³-hybridized carbons (Fsp3) is 0.250. The largest absolute Gasteiger partial charge is 0.381 e. The molecule has 0 aliphatic rings. The number of hydrogen-bond donors (Lipinski definition) is 2. The number of hydrogen-bond acceptors (Lipinski definition) is 4. The predicted molar refractivity (Wildman–Crippen MR) is 77.8 cm³/mol. The van der Waals surface area contributed by atoms with E-state index in [9.17, 15) is 8.42 Å². The lowest BCUT2D eigenvalue weighted by Crippen LogP contribution is -2.27. The molecule has 3 N–H and O–H groups in total. The van der Waals surface area contributed by atoms with Crippen LogP contribution in [0.25, 0.3) is 0 Å². The van der Waals surface area contributed by atoms with Crippen LogP contribution in [0.5, 0.6) is 0 Å². The number of nitrogens with one attached hydrogen (secondary N) is 1. The number of halogens is 1. The van der Waals surface area contributed by atoms with Gasteiger partial charge in [-0.05, 0) is 24.6 Å². The van der Waals surface area contributed by atoms with E-state index in [4.69, 9.17) is 17.3 Å². The summed E-state index contributed by atoms with van der Waals surface area (Å²) in [6.45, 7) is 1.73. The summed E-state index contributed by atoms with van der Waals surface area (Å²) in [4.78, 5) is -0.0334. The van der Waals surface area contributed by atoms with Crippen molar-refractivity contribution in [3.63, 3.8) is 0 Å². The maximum atomic E-state index is 12.3. The van der Waals surface area contributed by atoms with Crippen molar-refractivity contribution in [2.75, 3.05) is 5.73 Å². The average molecular weight is 315 g/mol. The van der Waals surface area contributed by atoms with Gasteiger partial charge in [0.05, 0.1) is 0 Å². The molecule has 0 radical (unpaired) electrons. The van der Waals surface area contributed by atoms with Crippen molar-refractivity contribution in [3.05, 3.63) is 41.0 Å². The Kier molecular flexibility index (Phi) is 4.03. The molecular formula is C12H15ClN4O2S. The van der Waals surface area contributed by atoms with E-state index in [1.807, 2.05) is 0 Å². The highest BCUT2D eigenvalue weighted by Gasteiger charge is 2.23. The van der Waals surface area contributed by atoms with Crippen molar-refractivity contribution in [1.29, 1.82) is 0 Å². The van der Waals surface area contributed by atoms with E-state index in [-0.39, 0.29) is 10.7 Å². The van der Waals surface area contributed by atoms with Crippen LogP contribution in [0.4, 0.5) is 5.82 Å². The van der Waals surface area contributed by atoms with Crippen molar-refractivity contribution in [3.8, 4) is 0 Å². The second-order valence-electron chi connectivity index (χ2n) is 4.45. The van der Waals surface area contributed by atoms with Crippen molar-refractivity contribution in [2.45, 2.75) is 17.9 Å². The van der Waals surface area contributed by atoms with E-state index in [2.05, 4.69) is 9.82 Å². The molecule has 1 heterocycles. The molecule has 0 saturated heterocycles. The lowest BCUT2D eigenvalue weighted by atomic mass is 10.1. The summed E-state index contributed by atoms with van der Waals surface area (Å²) >= 11 is 5.90. The molecule has 0 saturated carbocycles. The maximum Gasteiger partial charge on any atom is 0.246 e. The second-order valence-corrected chi connectivity index (χ2v) is 6.57. The van der Waals surface area contributed by atoms with Crippen LogP contribution in [0.15, 0.2) is 35.4 Å². The van der Waals surface area contributed by atoms with E-state index in [0.717, 1.165) is 5.56 Å². The first-order valence-electron chi connectivity index (χ1n) is 5.86. The number of rotatable bonds is 4. The zero-order valence-electron chi connectivity index (χ0n) is 11.0. The summed E-state index contributed by atoms with van der Waals surface area (Å²) in [5.41, 5.74) is 6.36. The maximum absolute atomic E-state index is 12.3. The van der Waals surface area contributed by atoms with E-state index >= 15 is 0 Å². The summed E-state index contributed by atoms with van der Waals surface area (Å²) in [7, 11) is -2.12. The molecule has 0 fully saturated rings. The highest BCUT2D eigenvalue weighted by molar-refractivity contribution is 7.89. The highest BCUT2D eigenvalue weighted by atomic mass is 35.5. The van der Waals surface area contributed by atoms with E-state index in [1.165, 1.54) is 10.9 Å². The fourth-order valence-electron chi connectivity index (χ4n) is 1.83. The van der Waals surface area contributed by atoms with Gasteiger partial charge in [0.2, 0.25) is 10.0 Å². The molecule has 1 aromatic carbocycles. The minimum atomic E-state index is -3.73. The first kappa shape index (κ1) is 14.8. The van der Waals surface area contributed by atoms with Gasteiger partial charge in [-0.3, -0.25) is 4.68 Å². The molecule has 1 aromatic heterocycles. The molecule has 1 unspecified atom stereocenters. The molecule has 0 aliphatic heterocycles. The summed E-state index contributed by atoms with van der Waals surface area (Å²) in [5, 5.41) is 4.38. The molecule has 0 amide bonds. The molecule has 2 aromatic rings. The molecule has 2 rings (SSSR count). The molecule has 108 valence electrons. The monoisotopic (exact) mass is 314 g/mol. The Morgan fingerprint density at radius 3 is 2.70 bits per heavy atom. The number of nitrogens with two attached hydrogens (primary N) is 1. The quantitative estimate of drug-likeness (QED) is 0.898. The highest BCUT2D eigenvalue weighted by Crippen LogP contribution is 2.21. The van der Waals surface area contributed by atoms with Gasteiger partial charge in [0.25, 0.3) is 0 Å². The number of benzene rings is 1. The first-order chi connectivity index (χ1) is 9.29. The molecule has 1 atom stereocenters. The standard InChI is InChI=1S/C12H15ClN4O2S/c1-8(9-4-3-5-10(13)6-9)16-20(18,19)11-7-17(2)15-12(11)14/h3-8,16H,1-2H3,(H2,14,15). The first-order valence-corrected chi connectivity index (χ1v) is 7.72. The molecule has 8 heteroatoms. The number of aromatic nitrogens is 2.